The van der Waals surface area contributed by atoms with Crippen molar-refractivity contribution in [2.45, 2.75) is 12.8 Å². The highest BCUT2D eigenvalue weighted by molar-refractivity contribution is 7.83. The molecule has 6 heteroatoms. The first-order chi connectivity index (χ1) is 5.91. The van der Waals surface area contributed by atoms with E-state index in [9.17, 15) is 18.6 Å². The van der Waals surface area contributed by atoms with Crippen LogP contribution in [0.25, 0.3) is 0 Å². The Morgan fingerprint density at radius 2 is 1.77 bits per heavy atom. The first-order valence-electron chi connectivity index (χ1n) is 3.36. The summed E-state index contributed by atoms with van der Waals surface area (Å²) in [7, 11) is -0.611. The minimum absolute atomic E-state index is 0.00880. The predicted molar refractivity (Wildman–Crippen MR) is 47.9 cm³/mol. The van der Waals surface area contributed by atoms with E-state index in [0.717, 1.165) is 0 Å². The van der Waals surface area contributed by atoms with E-state index in [2.05, 4.69) is 0 Å². The maximum atomic E-state index is 10.1. The van der Waals surface area contributed by atoms with Gasteiger partial charge in [-0.1, -0.05) is 0 Å². The van der Waals surface area contributed by atoms with Crippen molar-refractivity contribution in [2.75, 3.05) is 12.5 Å². The van der Waals surface area contributed by atoms with Crippen LogP contribution in [0.4, 0.5) is 0 Å². The van der Waals surface area contributed by atoms with Crippen molar-refractivity contribution in [2.24, 2.45) is 0 Å². The van der Waals surface area contributed by atoms with Crippen molar-refractivity contribution >= 4 is 28.8 Å². The molecule has 0 aromatic carbocycles. The number of rotatable bonds is 4. The van der Waals surface area contributed by atoms with Crippen LogP contribution in [0, 0.1) is 0 Å². The highest BCUT2D eigenvalue weighted by atomic mass is 32.2. The number of Topliss-reactive ketones (excluding diaryl/α,β-unsaturated/α-hetero) is 1. The molecule has 0 spiro atoms. The second kappa shape index (κ2) is 9.05. The Kier molecular flexibility index (Phi) is 10.1. The number of aldehydes is 1. The van der Waals surface area contributed by atoms with Crippen LogP contribution in [-0.4, -0.2) is 39.9 Å². The number of carboxylic acids is 1. The van der Waals surface area contributed by atoms with E-state index in [1.807, 2.05) is 0 Å². The number of carbonyl (C=O) groups excluding carboxylic acids is 2. The van der Waals surface area contributed by atoms with Gasteiger partial charge in [0.1, 0.15) is 6.29 Å². The standard InChI is InChI=1S/C5H6O4.C2H6OS/c6-3-1-2-4(7)5(8)9;1-4(2)3/h3H,1-2H2,(H,8,9);1-2H3. The zero-order valence-corrected chi connectivity index (χ0v) is 8.30. The summed E-state index contributed by atoms with van der Waals surface area (Å²) >= 11 is 0. The minimum Gasteiger partial charge on any atom is -0.476 e. The molecule has 13 heavy (non-hydrogen) atoms. The van der Waals surface area contributed by atoms with Gasteiger partial charge in [-0.3, -0.25) is 9.00 Å². The number of carboxylic acid groups (broad SMARTS) is 1. The van der Waals surface area contributed by atoms with Crippen molar-refractivity contribution in [1.82, 2.24) is 0 Å². The molecule has 0 aliphatic heterocycles. The Labute approximate surface area is 78.6 Å². The van der Waals surface area contributed by atoms with Gasteiger partial charge in [-0.2, -0.15) is 0 Å². The van der Waals surface area contributed by atoms with E-state index in [-0.39, 0.29) is 12.8 Å². The first-order valence-corrected chi connectivity index (χ1v) is 5.33. The topological polar surface area (TPSA) is 88.5 Å². The quantitative estimate of drug-likeness (QED) is 0.502. The maximum Gasteiger partial charge on any atom is 0.372 e. The van der Waals surface area contributed by atoms with Gasteiger partial charge in [0.05, 0.1) is 0 Å². The zero-order chi connectivity index (χ0) is 10.9. The molecule has 0 saturated carbocycles. The molecule has 0 heterocycles. The van der Waals surface area contributed by atoms with Crippen LogP contribution in [-0.2, 0) is 25.2 Å². The Bertz CT molecular complexity index is 207. The smallest absolute Gasteiger partial charge is 0.372 e. The van der Waals surface area contributed by atoms with Gasteiger partial charge in [0.25, 0.3) is 0 Å². The van der Waals surface area contributed by atoms with Gasteiger partial charge in [0.2, 0.25) is 5.78 Å². The summed E-state index contributed by atoms with van der Waals surface area (Å²) in [6, 6.07) is 0. The molecule has 0 aliphatic carbocycles. The second-order valence-corrected chi connectivity index (χ2v) is 3.66. The van der Waals surface area contributed by atoms with Gasteiger partial charge in [-0.05, 0) is 0 Å². The van der Waals surface area contributed by atoms with Crippen molar-refractivity contribution in [3.63, 3.8) is 0 Å². The predicted octanol–water partition coefficient (Wildman–Crippen LogP) is -0.386. The number of hydrogen-bond donors (Lipinski definition) is 1. The van der Waals surface area contributed by atoms with Crippen LogP contribution < -0.4 is 0 Å². The average molecular weight is 208 g/mol. The van der Waals surface area contributed by atoms with Gasteiger partial charge < -0.3 is 9.90 Å². The molecule has 0 unspecified atom stereocenters. The maximum absolute atomic E-state index is 10.1. The molecule has 0 fully saturated rings. The molecule has 0 amide bonds. The summed E-state index contributed by atoms with van der Waals surface area (Å²) in [5.74, 6) is -2.39. The average Bonchev–Trinajstić information content (AvgIpc) is 1.98. The Morgan fingerprint density at radius 1 is 1.38 bits per heavy atom. The van der Waals surface area contributed by atoms with Crippen molar-refractivity contribution in [3.8, 4) is 0 Å². The van der Waals surface area contributed by atoms with E-state index in [0.29, 0.717) is 6.29 Å². The van der Waals surface area contributed by atoms with Gasteiger partial charge in [-0.25, -0.2) is 4.79 Å². The molecule has 0 saturated heterocycles. The van der Waals surface area contributed by atoms with Crippen LogP contribution in [0.15, 0.2) is 0 Å². The first kappa shape index (κ1) is 14.5. The lowest BCUT2D eigenvalue weighted by atomic mass is 10.2. The molecule has 0 aliphatic rings. The lowest BCUT2D eigenvalue weighted by Crippen LogP contribution is -2.11. The fraction of sp³-hybridized carbons (Fsp3) is 0.571. The van der Waals surface area contributed by atoms with E-state index >= 15 is 0 Å². The Morgan fingerprint density at radius 3 is 2.00 bits per heavy atom. The minimum atomic E-state index is -1.48. The lowest BCUT2D eigenvalue weighted by molar-refractivity contribution is -0.149. The largest absolute Gasteiger partial charge is 0.476 e. The van der Waals surface area contributed by atoms with Crippen LogP contribution in [0.1, 0.15) is 12.8 Å². The third kappa shape index (κ3) is 18.2. The molecular formula is C7H12O5S. The zero-order valence-electron chi connectivity index (χ0n) is 7.48. The van der Waals surface area contributed by atoms with E-state index in [1.165, 1.54) is 0 Å². The van der Waals surface area contributed by atoms with Crippen molar-refractivity contribution in [1.29, 1.82) is 0 Å². The van der Waals surface area contributed by atoms with Gasteiger partial charge in [0, 0.05) is 36.2 Å². The number of ketones is 1. The third-order valence-corrected chi connectivity index (χ3v) is 0.728. The summed E-state index contributed by atoms with van der Waals surface area (Å²) in [5.41, 5.74) is 0. The van der Waals surface area contributed by atoms with Gasteiger partial charge in [0.15, 0.2) is 0 Å². The van der Waals surface area contributed by atoms with Crippen molar-refractivity contribution in [3.05, 3.63) is 0 Å². The van der Waals surface area contributed by atoms with Gasteiger partial charge in [-0.15, -0.1) is 0 Å². The summed E-state index contributed by atoms with van der Waals surface area (Å²) in [6.45, 7) is 0. The van der Waals surface area contributed by atoms with Crippen LogP contribution in [0.5, 0.6) is 0 Å². The highest BCUT2D eigenvalue weighted by Crippen LogP contribution is 1.85. The van der Waals surface area contributed by atoms with E-state index < -0.39 is 22.6 Å². The monoisotopic (exact) mass is 208 g/mol. The van der Waals surface area contributed by atoms with E-state index in [1.54, 1.807) is 12.5 Å². The van der Waals surface area contributed by atoms with Gasteiger partial charge >= 0.3 is 5.97 Å². The van der Waals surface area contributed by atoms with Crippen LogP contribution in [0.3, 0.4) is 0 Å². The normalized spacial score (nSPS) is 8.54. The molecule has 0 aromatic rings. The number of hydrogen-bond acceptors (Lipinski definition) is 4. The summed E-state index contributed by atoms with van der Waals surface area (Å²) in [6.07, 6.45) is 3.59. The fourth-order valence-electron chi connectivity index (χ4n) is 0.297. The summed E-state index contributed by atoms with van der Waals surface area (Å²) < 4.78 is 9.56. The Hall–Kier alpha value is -1.04. The van der Waals surface area contributed by atoms with Crippen molar-refractivity contribution < 1.29 is 23.7 Å². The fourth-order valence-corrected chi connectivity index (χ4v) is 0.297. The van der Waals surface area contributed by atoms with Crippen LogP contribution >= 0.6 is 0 Å². The molecule has 0 aromatic heterocycles. The SMILES string of the molecule is CS(C)=O.O=CCCC(=O)C(=O)O. The summed E-state index contributed by atoms with van der Waals surface area (Å²) in [5, 5.41) is 7.94. The van der Waals surface area contributed by atoms with Crippen LogP contribution in [0.2, 0.25) is 0 Å². The number of aliphatic carboxylic acids is 1. The molecular weight excluding hydrogens is 196 g/mol. The van der Waals surface area contributed by atoms with E-state index in [4.69, 9.17) is 5.11 Å². The highest BCUT2D eigenvalue weighted by Gasteiger charge is 2.08. The molecule has 0 radical (unpaired) electrons. The Balaban J connectivity index is 0. The molecule has 0 rings (SSSR count). The molecule has 1 N–H and O–H groups in total. The third-order valence-electron chi connectivity index (χ3n) is 0.728. The number of carbonyl (C=O) groups is 3. The molecule has 0 atom stereocenters. The lowest BCUT2D eigenvalue weighted by Gasteiger charge is -1.85. The molecule has 76 valence electrons. The summed E-state index contributed by atoms with van der Waals surface area (Å²) in [4.78, 5) is 29.5. The second-order valence-electron chi connectivity index (χ2n) is 2.18. The molecule has 0 bridgehead atoms. The molecule has 5 nitrogen and oxygen atoms in total.